The van der Waals surface area contributed by atoms with Crippen molar-refractivity contribution in [3.63, 3.8) is 0 Å². The Balaban J connectivity index is 2.14. The highest BCUT2D eigenvalue weighted by Gasteiger charge is 2.22. The maximum absolute atomic E-state index is 9.15. The molecule has 0 saturated heterocycles. The Morgan fingerprint density at radius 1 is 1.19 bits per heavy atom. The predicted molar refractivity (Wildman–Crippen MR) is 67.5 cm³/mol. The molecule has 1 saturated carbocycles. The van der Waals surface area contributed by atoms with E-state index in [-0.39, 0.29) is 6.61 Å². The molecule has 0 unspecified atom stereocenters. The SMILES string of the molecule is Nc1ccc(N(CCO)C2CCCC2)cc1. The van der Waals surface area contributed by atoms with Gasteiger partial charge in [0.15, 0.2) is 0 Å². The fourth-order valence-corrected chi connectivity index (χ4v) is 2.51. The van der Waals surface area contributed by atoms with Crippen LogP contribution in [0.2, 0.25) is 0 Å². The Morgan fingerprint density at radius 3 is 2.38 bits per heavy atom. The summed E-state index contributed by atoms with van der Waals surface area (Å²) in [6, 6.07) is 8.53. The van der Waals surface area contributed by atoms with Crippen molar-refractivity contribution in [1.29, 1.82) is 0 Å². The van der Waals surface area contributed by atoms with Gasteiger partial charge in [-0.1, -0.05) is 12.8 Å². The van der Waals surface area contributed by atoms with Crippen LogP contribution in [0.5, 0.6) is 0 Å². The van der Waals surface area contributed by atoms with Gasteiger partial charge in [-0.3, -0.25) is 0 Å². The highest BCUT2D eigenvalue weighted by Crippen LogP contribution is 2.28. The summed E-state index contributed by atoms with van der Waals surface area (Å²) in [5.41, 5.74) is 7.65. The van der Waals surface area contributed by atoms with E-state index >= 15 is 0 Å². The van der Waals surface area contributed by atoms with Crippen molar-refractivity contribution in [2.75, 3.05) is 23.8 Å². The quantitative estimate of drug-likeness (QED) is 0.763. The van der Waals surface area contributed by atoms with E-state index in [1.807, 2.05) is 24.3 Å². The number of nitrogens with zero attached hydrogens (tertiary/aromatic N) is 1. The standard InChI is InChI=1S/C13H20N2O/c14-11-5-7-13(8-6-11)15(9-10-16)12-3-1-2-4-12/h5-8,12,16H,1-4,9-10,14H2. The average molecular weight is 220 g/mol. The molecule has 0 amide bonds. The fraction of sp³-hybridized carbons (Fsp3) is 0.538. The summed E-state index contributed by atoms with van der Waals surface area (Å²) in [4.78, 5) is 2.31. The topological polar surface area (TPSA) is 49.5 Å². The van der Waals surface area contributed by atoms with E-state index in [0.717, 1.165) is 5.69 Å². The molecule has 0 bridgehead atoms. The molecular weight excluding hydrogens is 200 g/mol. The first-order chi connectivity index (χ1) is 7.81. The number of aliphatic hydroxyl groups is 1. The summed E-state index contributed by atoms with van der Waals surface area (Å²) in [6.45, 7) is 0.926. The van der Waals surface area contributed by atoms with Crippen molar-refractivity contribution in [1.82, 2.24) is 0 Å². The third-order valence-electron chi connectivity index (χ3n) is 3.33. The van der Waals surface area contributed by atoms with Gasteiger partial charge in [0.05, 0.1) is 6.61 Å². The lowest BCUT2D eigenvalue weighted by atomic mass is 10.1. The Morgan fingerprint density at radius 2 is 1.81 bits per heavy atom. The van der Waals surface area contributed by atoms with Crippen LogP contribution >= 0.6 is 0 Å². The molecule has 1 aliphatic carbocycles. The normalized spacial score (nSPS) is 16.6. The van der Waals surface area contributed by atoms with Crippen molar-refractivity contribution in [3.05, 3.63) is 24.3 Å². The molecule has 0 aromatic heterocycles. The minimum absolute atomic E-state index is 0.209. The van der Waals surface area contributed by atoms with Crippen molar-refractivity contribution in [2.45, 2.75) is 31.7 Å². The second-order valence-electron chi connectivity index (χ2n) is 4.45. The number of nitrogen functional groups attached to an aromatic ring is 1. The lowest BCUT2D eigenvalue weighted by Crippen LogP contribution is -2.35. The van der Waals surface area contributed by atoms with Gasteiger partial charge in [-0.15, -0.1) is 0 Å². The molecule has 0 radical (unpaired) electrons. The van der Waals surface area contributed by atoms with Crippen LogP contribution in [0.25, 0.3) is 0 Å². The van der Waals surface area contributed by atoms with Gasteiger partial charge in [-0.2, -0.15) is 0 Å². The number of hydrogen-bond acceptors (Lipinski definition) is 3. The third-order valence-corrected chi connectivity index (χ3v) is 3.33. The molecular formula is C13H20N2O. The first-order valence-electron chi connectivity index (χ1n) is 6.04. The van der Waals surface area contributed by atoms with E-state index in [1.165, 1.54) is 31.4 Å². The van der Waals surface area contributed by atoms with E-state index in [2.05, 4.69) is 4.90 Å². The summed E-state index contributed by atoms with van der Waals surface area (Å²) < 4.78 is 0. The van der Waals surface area contributed by atoms with Crippen LogP contribution in [0.1, 0.15) is 25.7 Å². The zero-order valence-corrected chi connectivity index (χ0v) is 9.60. The molecule has 2 rings (SSSR count). The Hall–Kier alpha value is -1.22. The lowest BCUT2D eigenvalue weighted by molar-refractivity contribution is 0.297. The Kier molecular flexibility index (Phi) is 3.67. The molecule has 0 aliphatic heterocycles. The Labute approximate surface area is 96.9 Å². The van der Waals surface area contributed by atoms with Gasteiger partial charge in [0.2, 0.25) is 0 Å². The van der Waals surface area contributed by atoms with Crippen molar-refractivity contribution in [3.8, 4) is 0 Å². The molecule has 1 aliphatic rings. The van der Waals surface area contributed by atoms with Gasteiger partial charge < -0.3 is 15.7 Å². The van der Waals surface area contributed by atoms with Crippen LogP contribution in [0.4, 0.5) is 11.4 Å². The van der Waals surface area contributed by atoms with Gasteiger partial charge in [0.25, 0.3) is 0 Å². The van der Waals surface area contributed by atoms with Crippen molar-refractivity contribution in [2.24, 2.45) is 0 Å². The zero-order chi connectivity index (χ0) is 11.4. The third kappa shape index (κ3) is 2.47. The highest BCUT2D eigenvalue weighted by molar-refractivity contribution is 5.53. The summed E-state index contributed by atoms with van der Waals surface area (Å²) in [6.07, 6.45) is 5.10. The second-order valence-corrected chi connectivity index (χ2v) is 4.45. The van der Waals surface area contributed by atoms with E-state index < -0.39 is 0 Å². The molecule has 1 aromatic carbocycles. The molecule has 3 heteroatoms. The molecule has 3 nitrogen and oxygen atoms in total. The molecule has 1 fully saturated rings. The smallest absolute Gasteiger partial charge is 0.0606 e. The monoisotopic (exact) mass is 220 g/mol. The number of aliphatic hydroxyl groups excluding tert-OH is 1. The first-order valence-corrected chi connectivity index (χ1v) is 6.04. The van der Waals surface area contributed by atoms with Crippen LogP contribution < -0.4 is 10.6 Å². The van der Waals surface area contributed by atoms with Gasteiger partial charge in [0.1, 0.15) is 0 Å². The minimum Gasteiger partial charge on any atom is -0.399 e. The predicted octanol–water partition coefficient (Wildman–Crippen LogP) is 2.01. The molecule has 1 aromatic rings. The molecule has 0 atom stereocenters. The van der Waals surface area contributed by atoms with Crippen LogP contribution in [0, 0.1) is 0 Å². The summed E-state index contributed by atoms with van der Waals surface area (Å²) in [7, 11) is 0. The van der Waals surface area contributed by atoms with Crippen molar-refractivity contribution >= 4 is 11.4 Å². The molecule has 0 spiro atoms. The van der Waals surface area contributed by atoms with E-state index in [4.69, 9.17) is 10.8 Å². The van der Waals surface area contributed by atoms with Gasteiger partial charge in [-0.05, 0) is 37.1 Å². The summed E-state index contributed by atoms with van der Waals surface area (Å²) in [5, 5.41) is 9.15. The van der Waals surface area contributed by atoms with Gasteiger partial charge >= 0.3 is 0 Å². The maximum atomic E-state index is 9.15. The first kappa shape index (κ1) is 11.3. The minimum atomic E-state index is 0.209. The number of benzene rings is 1. The zero-order valence-electron chi connectivity index (χ0n) is 9.60. The number of anilines is 2. The highest BCUT2D eigenvalue weighted by atomic mass is 16.3. The van der Waals surface area contributed by atoms with Gasteiger partial charge in [0, 0.05) is 24.0 Å². The number of hydrogen-bond donors (Lipinski definition) is 2. The van der Waals surface area contributed by atoms with E-state index in [1.54, 1.807) is 0 Å². The molecule has 88 valence electrons. The largest absolute Gasteiger partial charge is 0.399 e. The molecule has 0 heterocycles. The fourth-order valence-electron chi connectivity index (χ4n) is 2.51. The van der Waals surface area contributed by atoms with Gasteiger partial charge in [-0.25, -0.2) is 0 Å². The van der Waals surface area contributed by atoms with E-state index in [9.17, 15) is 0 Å². The lowest BCUT2D eigenvalue weighted by Gasteiger charge is -2.30. The Bertz CT molecular complexity index is 317. The maximum Gasteiger partial charge on any atom is 0.0606 e. The van der Waals surface area contributed by atoms with Crippen LogP contribution in [-0.2, 0) is 0 Å². The summed E-state index contributed by atoms with van der Waals surface area (Å²) in [5.74, 6) is 0. The van der Waals surface area contributed by atoms with Crippen LogP contribution in [0.3, 0.4) is 0 Å². The van der Waals surface area contributed by atoms with E-state index in [0.29, 0.717) is 12.6 Å². The summed E-state index contributed by atoms with van der Waals surface area (Å²) >= 11 is 0. The molecule has 3 N–H and O–H groups in total. The van der Waals surface area contributed by atoms with Crippen molar-refractivity contribution < 1.29 is 5.11 Å². The second kappa shape index (κ2) is 5.21. The number of rotatable bonds is 4. The molecule has 16 heavy (non-hydrogen) atoms. The number of nitrogens with two attached hydrogens (primary N) is 1. The van der Waals surface area contributed by atoms with Crippen LogP contribution in [-0.4, -0.2) is 24.3 Å². The average Bonchev–Trinajstić information content (AvgIpc) is 2.81. The van der Waals surface area contributed by atoms with Crippen LogP contribution in [0.15, 0.2) is 24.3 Å².